The molecule has 0 heterocycles. The van der Waals surface area contributed by atoms with Crippen LogP contribution < -0.4 is 0 Å². The van der Waals surface area contributed by atoms with E-state index in [-0.39, 0.29) is 18.2 Å². The fourth-order valence-corrected chi connectivity index (χ4v) is 3.53. The summed E-state index contributed by atoms with van der Waals surface area (Å²) in [5.74, 6) is -0.817. The van der Waals surface area contributed by atoms with Crippen molar-refractivity contribution in [3.05, 3.63) is 71.3 Å². The zero-order valence-corrected chi connectivity index (χ0v) is 14.2. The lowest BCUT2D eigenvalue weighted by Crippen LogP contribution is -2.35. The van der Waals surface area contributed by atoms with Gasteiger partial charge in [-0.3, -0.25) is 9.59 Å². The van der Waals surface area contributed by atoms with Crippen LogP contribution in [0.15, 0.2) is 54.6 Å². The largest absolute Gasteiger partial charge is 0.481 e. The van der Waals surface area contributed by atoms with Crippen LogP contribution in [0.4, 0.5) is 0 Å². The first kappa shape index (κ1) is 17.2. The summed E-state index contributed by atoms with van der Waals surface area (Å²) in [6.07, 6.45) is 2.32. The predicted molar refractivity (Wildman–Crippen MR) is 96.2 cm³/mol. The molecular weight excluding hydrogens is 314 g/mol. The fourth-order valence-electron chi connectivity index (χ4n) is 3.53. The molecule has 4 heteroatoms. The number of aryl methyl sites for hydroxylation is 1. The number of hydrogen-bond donors (Lipinski definition) is 1. The number of carbonyl (C=O) groups excluding carboxylic acids is 1. The number of amides is 1. The Balaban J connectivity index is 1.76. The molecule has 0 saturated carbocycles. The van der Waals surface area contributed by atoms with Gasteiger partial charge < -0.3 is 10.0 Å². The molecule has 2 aromatic carbocycles. The van der Waals surface area contributed by atoms with Gasteiger partial charge in [0.25, 0.3) is 0 Å². The Hall–Kier alpha value is -2.62. The van der Waals surface area contributed by atoms with E-state index < -0.39 is 5.97 Å². The van der Waals surface area contributed by atoms with Crippen molar-refractivity contribution in [3.8, 4) is 0 Å². The van der Waals surface area contributed by atoms with Crippen molar-refractivity contribution in [1.29, 1.82) is 0 Å². The topological polar surface area (TPSA) is 57.6 Å². The summed E-state index contributed by atoms with van der Waals surface area (Å²) in [6, 6.07) is 18.0. The highest BCUT2D eigenvalue weighted by Gasteiger charge is 2.31. The minimum Gasteiger partial charge on any atom is -0.481 e. The smallest absolute Gasteiger partial charge is 0.303 e. The van der Waals surface area contributed by atoms with Crippen molar-refractivity contribution in [2.24, 2.45) is 0 Å². The molecule has 3 rings (SSSR count). The van der Waals surface area contributed by atoms with E-state index in [4.69, 9.17) is 5.11 Å². The molecule has 4 nitrogen and oxygen atoms in total. The third-order valence-electron chi connectivity index (χ3n) is 4.78. The number of fused-ring (bicyclic) bond motifs is 1. The normalized spacial score (nSPS) is 15.6. The van der Waals surface area contributed by atoms with Crippen molar-refractivity contribution in [1.82, 2.24) is 4.90 Å². The average molecular weight is 337 g/mol. The lowest BCUT2D eigenvalue weighted by Gasteiger charge is -2.26. The monoisotopic (exact) mass is 337 g/mol. The number of rotatable bonds is 7. The standard InChI is InChI=1S/C21H23NO3/c23-20(24)11-6-14-22(15-16-7-2-1-3-8-16)21(25)19-13-12-17-9-4-5-10-18(17)19/h1-5,7-10,19H,6,11-15H2,(H,23,24). The van der Waals surface area contributed by atoms with Crippen LogP contribution in [0.3, 0.4) is 0 Å². The first-order valence-corrected chi connectivity index (χ1v) is 8.77. The van der Waals surface area contributed by atoms with Gasteiger partial charge in [0, 0.05) is 19.5 Å². The molecule has 25 heavy (non-hydrogen) atoms. The SMILES string of the molecule is O=C(O)CCCN(Cc1ccccc1)C(=O)C1CCc2ccccc21. The van der Waals surface area contributed by atoms with E-state index in [1.807, 2.05) is 53.4 Å². The third kappa shape index (κ3) is 4.27. The Morgan fingerprint density at radius 1 is 1.04 bits per heavy atom. The molecule has 0 aliphatic heterocycles. The Morgan fingerprint density at radius 3 is 2.52 bits per heavy atom. The minimum absolute atomic E-state index is 0.0832. The van der Waals surface area contributed by atoms with E-state index in [2.05, 4.69) is 6.07 Å². The number of hydrogen-bond acceptors (Lipinski definition) is 2. The van der Waals surface area contributed by atoms with E-state index in [9.17, 15) is 9.59 Å². The summed E-state index contributed by atoms with van der Waals surface area (Å²) < 4.78 is 0. The highest BCUT2D eigenvalue weighted by Crippen LogP contribution is 2.34. The van der Waals surface area contributed by atoms with Crippen molar-refractivity contribution < 1.29 is 14.7 Å². The second-order valence-electron chi connectivity index (χ2n) is 6.53. The maximum atomic E-state index is 13.2. The molecule has 1 atom stereocenters. The van der Waals surface area contributed by atoms with E-state index in [0.29, 0.717) is 19.5 Å². The van der Waals surface area contributed by atoms with E-state index >= 15 is 0 Å². The molecule has 1 N–H and O–H groups in total. The number of aliphatic carboxylic acids is 1. The van der Waals surface area contributed by atoms with Crippen LogP contribution >= 0.6 is 0 Å². The molecule has 0 bridgehead atoms. The maximum Gasteiger partial charge on any atom is 0.303 e. The van der Waals surface area contributed by atoms with Crippen LogP contribution in [0, 0.1) is 0 Å². The molecule has 0 radical (unpaired) electrons. The summed E-state index contributed by atoms with van der Waals surface area (Å²) in [5, 5.41) is 8.89. The van der Waals surface area contributed by atoms with E-state index in [1.54, 1.807) is 0 Å². The quantitative estimate of drug-likeness (QED) is 0.840. The van der Waals surface area contributed by atoms with Crippen LogP contribution in [0.1, 0.15) is 41.9 Å². The van der Waals surface area contributed by atoms with Gasteiger partial charge in [0.15, 0.2) is 0 Å². The van der Waals surface area contributed by atoms with Gasteiger partial charge in [-0.05, 0) is 36.0 Å². The van der Waals surface area contributed by atoms with Crippen LogP contribution in [-0.2, 0) is 22.6 Å². The first-order valence-electron chi connectivity index (χ1n) is 8.77. The maximum absolute atomic E-state index is 13.2. The fraction of sp³-hybridized carbons (Fsp3) is 0.333. The summed E-state index contributed by atoms with van der Waals surface area (Å²) in [6.45, 7) is 0.997. The zero-order chi connectivity index (χ0) is 17.6. The Morgan fingerprint density at radius 2 is 1.76 bits per heavy atom. The molecule has 1 amide bonds. The number of carboxylic acid groups (broad SMARTS) is 1. The van der Waals surface area contributed by atoms with Crippen molar-refractivity contribution in [3.63, 3.8) is 0 Å². The van der Waals surface area contributed by atoms with Crippen LogP contribution in [0.2, 0.25) is 0 Å². The van der Waals surface area contributed by atoms with Crippen LogP contribution in [0.25, 0.3) is 0 Å². The molecule has 0 fully saturated rings. The van der Waals surface area contributed by atoms with E-state index in [1.165, 1.54) is 5.56 Å². The van der Waals surface area contributed by atoms with Gasteiger partial charge in [-0.1, -0.05) is 54.6 Å². The molecule has 1 aliphatic rings. The second-order valence-corrected chi connectivity index (χ2v) is 6.53. The summed E-state index contributed by atoms with van der Waals surface area (Å²) in [5.41, 5.74) is 3.45. The number of nitrogens with zero attached hydrogens (tertiary/aromatic N) is 1. The van der Waals surface area contributed by atoms with Crippen molar-refractivity contribution >= 4 is 11.9 Å². The highest BCUT2D eigenvalue weighted by molar-refractivity contribution is 5.85. The molecule has 1 unspecified atom stereocenters. The Kier molecular flexibility index (Phi) is 5.49. The summed E-state index contributed by atoms with van der Waals surface area (Å²) in [7, 11) is 0. The average Bonchev–Trinajstić information content (AvgIpc) is 3.05. The number of carboxylic acids is 1. The second kappa shape index (κ2) is 7.97. The molecule has 130 valence electrons. The summed E-state index contributed by atoms with van der Waals surface area (Å²) in [4.78, 5) is 25.8. The zero-order valence-electron chi connectivity index (χ0n) is 14.2. The van der Waals surface area contributed by atoms with Gasteiger partial charge in [-0.15, -0.1) is 0 Å². The molecule has 2 aromatic rings. The van der Waals surface area contributed by atoms with Crippen LogP contribution in [0.5, 0.6) is 0 Å². The van der Waals surface area contributed by atoms with Crippen LogP contribution in [-0.4, -0.2) is 28.4 Å². The van der Waals surface area contributed by atoms with E-state index in [0.717, 1.165) is 24.0 Å². The molecule has 0 saturated heterocycles. The number of carbonyl (C=O) groups is 2. The van der Waals surface area contributed by atoms with Crippen molar-refractivity contribution in [2.75, 3.05) is 6.54 Å². The first-order chi connectivity index (χ1) is 12.1. The molecule has 0 aromatic heterocycles. The predicted octanol–water partition coefficient (Wildman–Crippen LogP) is 3.61. The molecule has 0 spiro atoms. The number of benzene rings is 2. The van der Waals surface area contributed by atoms with Gasteiger partial charge in [-0.25, -0.2) is 0 Å². The van der Waals surface area contributed by atoms with Crippen molar-refractivity contribution in [2.45, 2.75) is 38.1 Å². The van der Waals surface area contributed by atoms with Gasteiger partial charge >= 0.3 is 5.97 Å². The lowest BCUT2D eigenvalue weighted by atomic mass is 9.99. The Bertz CT molecular complexity index is 742. The van der Waals surface area contributed by atoms with Gasteiger partial charge in [0.2, 0.25) is 5.91 Å². The van der Waals surface area contributed by atoms with Gasteiger partial charge in [-0.2, -0.15) is 0 Å². The lowest BCUT2D eigenvalue weighted by molar-refractivity contribution is -0.138. The summed E-state index contributed by atoms with van der Waals surface area (Å²) >= 11 is 0. The third-order valence-corrected chi connectivity index (χ3v) is 4.78. The Labute approximate surface area is 148 Å². The van der Waals surface area contributed by atoms with Gasteiger partial charge in [0.1, 0.15) is 0 Å². The van der Waals surface area contributed by atoms with Gasteiger partial charge in [0.05, 0.1) is 5.92 Å². The molecular formula is C21H23NO3. The minimum atomic E-state index is -0.821. The molecule has 1 aliphatic carbocycles. The highest BCUT2D eigenvalue weighted by atomic mass is 16.4.